The van der Waals surface area contributed by atoms with Gasteiger partial charge in [0.1, 0.15) is 11.0 Å². The van der Waals surface area contributed by atoms with Gasteiger partial charge in [-0.2, -0.15) is 4.80 Å². The lowest BCUT2D eigenvalue weighted by Crippen LogP contribution is -1.97. The van der Waals surface area contributed by atoms with Crippen LogP contribution in [0.5, 0.6) is 0 Å². The van der Waals surface area contributed by atoms with E-state index in [0.29, 0.717) is 0 Å². The molecule has 6 aromatic carbocycles. The predicted molar refractivity (Wildman–Crippen MR) is 199 cm³/mol. The lowest BCUT2D eigenvalue weighted by Gasteiger charge is -2.12. The average molecular weight is 627 g/mol. The maximum atomic E-state index is 5.25. The number of hydrogen-bond donors (Lipinski definition) is 0. The summed E-state index contributed by atoms with van der Waals surface area (Å²) >= 11 is 0. The summed E-state index contributed by atoms with van der Waals surface area (Å²) in [5.41, 5.74) is 11.1. The summed E-state index contributed by atoms with van der Waals surface area (Å²) < 4.78 is 0. The molecule has 4 aromatic heterocycles. The summed E-state index contributed by atoms with van der Waals surface area (Å²) in [4.78, 5) is 17.3. The van der Waals surface area contributed by atoms with Crippen molar-refractivity contribution in [3.63, 3.8) is 0 Å². The van der Waals surface area contributed by atoms with Gasteiger partial charge in [0.2, 0.25) is 0 Å². The van der Waals surface area contributed by atoms with E-state index in [1.165, 1.54) is 0 Å². The second kappa shape index (κ2) is 10.9. The molecule has 10 aromatic rings. The normalized spacial score (nSPS) is 11.7. The molecule has 4 heterocycles. The molecule has 0 amide bonds. The molecule has 0 aliphatic carbocycles. The molecule has 228 valence electrons. The van der Waals surface area contributed by atoms with Crippen LogP contribution in [0.1, 0.15) is 0 Å². The Morgan fingerprint density at radius 3 is 1.67 bits per heavy atom. The number of fused-ring (bicyclic) bond motifs is 8. The van der Waals surface area contributed by atoms with Crippen molar-refractivity contribution in [2.24, 2.45) is 0 Å². The zero-order valence-electron chi connectivity index (χ0n) is 26.2. The standard InChI is InChI=1S/C43H26N6/c1-4-10-27(11-5-1)35-22-18-29-16-17-30-19-23-36(45-42(30)41(29)44-35)31-20-24-37-34(26-31)39-33(40(46-37)28-12-6-2-7-13-28)21-25-38-43(39)48-49(47-38)32-14-8-3-9-15-32/h1-26H. The lowest BCUT2D eigenvalue weighted by molar-refractivity contribution is 0.766. The number of rotatable bonds is 4. The van der Waals surface area contributed by atoms with Crippen molar-refractivity contribution in [1.29, 1.82) is 0 Å². The van der Waals surface area contributed by atoms with E-state index in [-0.39, 0.29) is 0 Å². The first-order valence-corrected chi connectivity index (χ1v) is 16.3. The molecule has 0 saturated heterocycles. The number of aromatic nitrogens is 6. The Hall–Kier alpha value is -6.79. The number of hydrogen-bond acceptors (Lipinski definition) is 5. The molecule has 0 radical (unpaired) electrons. The zero-order chi connectivity index (χ0) is 32.3. The zero-order valence-corrected chi connectivity index (χ0v) is 26.2. The highest BCUT2D eigenvalue weighted by Gasteiger charge is 2.18. The van der Waals surface area contributed by atoms with Crippen LogP contribution in [-0.2, 0) is 0 Å². The Balaban J connectivity index is 1.21. The van der Waals surface area contributed by atoms with Gasteiger partial charge in [0.05, 0.1) is 39.3 Å². The summed E-state index contributed by atoms with van der Waals surface area (Å²) in [6.07, 6.45) is 0. The second-order valence-electron chi connectivity index (χ2n) is 12.2. The van der Waals surface area contributed by atoms with E-state index in [1.807, 2.05) is 72.8 Å². The molecule has 0 aliphatic heterocycles. The first kappa shape index (κ1) is 27.3. The summed E-state index contributed by atoms with van der Waals surface area (Å²) in [5.74, 6) is 0. The van der Waals surface area contributed by atoms with Crippen molar-refractivity contribution in [2.45, 2.75) is 0 Å². The van der Waals surface area contributed by atoms with Gasteiger partial charge in [0.15, 0.2) is 0 Å². The molecular weight excluding hydrogens is 601 g/mol. The van der Waals surface area contributed by atoms with E-state index in [1.54, 1.807) is 4.80 Å². The summed E-state index contributed by atoms with van der Waals surface area (Å²) in [5, 5.41) is 15.1. The van der Waals surface area contributed by atoms with Gasteiger partial charge in [-0.3, -0.25) is 0 Å². The summed E-state index contributed by atoms with van der Waals surface area (Å²) in [7, 11) is 0. The molecule has 10 rings (SSSR count). The van der Waals surface area contributed by atoms with Crippen LogP contribution in [0.15, 0.2) is 158 Å². The fourth-order valence-corrected chi connectivity index (χ4v) is 6.82. The number of benzene rings is 6. The Kier molecular flexibility index (Phi) is 6.08. The van der Waals surface area contributed by atoms with E-state index in [0.717, 1.165) is 94.0 Å². The summed E-state index contributed by atoms with van der Waals surface area (Å²) in [6, 6.07) is 53.9. The van der Waals surface area contributed by atoms with Crippen LogP contribution in [0, 0.1) is 0 Å². The fourth-order valence-electron chi connectivity index (χ4n) is 6.82. The first-order chi connectivity index (χ1) is 24.3. The second-order valence-corrected chi connectivity index (χ2v) is 12.2. The third kappa shape index (κ3) is 4.53. The van der Waals surface area contributed by atoms with Gasteiger partial charge >= 0.3 is 0 Å². The third-order valence-corrected chi connectivity index (χ3v) is 9.23. The van der Waals surface area contributed by atoms with Gasteiger partial charge in [-0.25, -0.2) is 15.0 Å². The van der Waals surface area contributed by atoms with Crippen LogP contribution in [0.2, 0.25) is 0 Å². The third-order valence-electron chi connectivity index (χ3n) is 9.23. The van der Waals surface area contributed by atoms with Crippen molar-refractivity contribution < 1.29 is 0 Å². The van der Waals surface area contributed by atoms with Crippen molar-refractivity contribution in [1.82, 2.24) is 29.9 Å². The van der Waals surface area contributed by atoms with Crippen LogP contribution in [0.3, 0.4) is 0 Å². The number of para-hydroxylation sites is 1. The molecule has 0 bridgehead atoms. The molecule has 0 atom stereocenters. The molecule has 0 fully saturated rings. The molecular formula is C43H26N6. The van der Waals surface area contributed by atoms with Gasteiger partial charge in [-0.15, -0.1) is 10.2 Å². The highest BCUT2D eigenvalue weighted by atomic mass is 15.5. The van der Waals surface area contributed by atoms with Crippen LogP contribution in [0.4, 0.5) is 0 Å². The van der Waals surface area contributed by atoms with Gasteiger partial charge in [-0.05, 0) is 48.5 Å². The van der Waals surface area contributed by atoms with Crippen molar-refractivity contribution >= 4 is 54.5 Å². The SMILES string of the molecule is c1ccc(-c2ccc3ccc4ccc(-c5ccc6nc(-c7ccccc7)c7ccc8nn(-c9ccccc9)nc8c7c6c5)nc4c3n2)cc1. The Labute approximate surface area is 281 Å². The molecule has 6 heteroatoms. The number of nitrogens with zero attached hydrogens (tertiary/aromatic N) is 6. The van der Waals surface area contributed by atoms with Crippen LogP contribution >= 0.6 is 0 Å². The van der Waals surface area contributed by atoms with Crippen molar-refractivity contribution in [2.75, 3.05) is 0 Å². The maximum Gasteiger partial charge on any atom is 0.122 e. The Bertz CT molecular complexity index is 2860. The van der Waals surface area contributed by atoms with Crippen LogP contribution in [0.25, 0.3) is 94.0 Å². The largest absolute Gasteiger partial charge is 0.247 e. The Morgan fingerprint density at radius 1 is 0.388 bits per heavy atom. The highest BCUT2D eigenvalue weighted by Crippen LogP contribution is 2.38. The minimum atomic E-state index is 0.823. The van der Waals surface area contributed by atoms with Gasteiger partial charge in [-0.1, -0.05) is 109 Å². The van der Waals surface area contributed by atoms with E-state index < -0.39 is 0 Å². The van der Waals surface area contributed by atoms with Gasteiger partial charge < -0.3 is 0 Å². The summed E-state index contributed by atoms with van der Waals surface area (Å²) in [6.45, 7) is 0. The minimum Gasteiger partial charge on any atom is -0.247 e. The molecule has 0 saturated carbocycles. The van der Waals surface area contributed by atoms with Crippen molar-refractivity contribution in [3.05, 3.63) is 158 Å². The molecule has 0 spiro atoms. The van der Waals surface area contributed by atoms with Crippen LogP contribution < -0.4 is 0 Å². The van der Waals surface area contributed by atoms with E-state index in [9.17, 15) is 0 Å². The number of pyridine rings is 3. The molecule has 49 heavy (non-hydrogen) atoms. The first-order valence-electron chi connectivity index (χ1n) is 16.3. The minimum absolute atomic E-state index is 0.823. The van der Waals surface area contributed by atoms with Gasteiger partial charge in [0, 0.05) is 43.6 Å². The van der Waals surface area contributed by atoms with Gasteiger partial charge in [0.25, 0.3) is 0 Å². The molecule has 0 N–H and O–H groups in total. The smallest absolute Gasteiger partial charge is 0.122 e. The lowest BCUT2D eigenvalue weighted by atomic mass is 9.97. The van der Waals surface area contributed by atoms with E-state index >= 15 is 0 Å². The molecule has 0 aliphatic rings. The maximum absolute atomic E-state index is 5.25. The average Bonchev–Trinajstić information content (AvgIpc) is 3.63. The molecule has 0 unspecified atom stereocenters. The molecule has 6 nitrogen and oxygen atoms in total. The fraction of sp³-hybridized carbons (Fsp3) is 0. The van der Waals surface area contributed by atoms with Crippen molar-refractivity contribution in [3.8, 4) is 39.5 Å². The monoisotopic (exact) mass is 626 g/mol. The Morgan fingerprint density at radius 2 is 0.980 bits per heavy atom. The predicted octanol–water partition coefficient (Wildman–Crippen LogP) is 10.2. The van der Waals surface area contributed by atoms with E-state index in [4.69, 9.17) is 25.1 Å². The quantitative estimate of drug-likeness (QED) is 0.182. The highest BCUT2D eigenvalue weighted by molar-refractivity contribution is 6.21. The topological polar surface area (TPSA) is 69.4 Å². The van der Waals surface area contributed by atoms with Crippen LogP contribution in [-0.4, -0.2) is 29.9 Å². The van der Waals surface area contributed by atoms with E-state index in [2.05, 4.69) is 84.9 Å².